The van der Waals surface area contributed by atoms with Crippen molar-refractivity contribution in [3.05, 3.63) is 54.1 Å². The molecule has 0 unspecified atom stereocenters. The average Bonchev–Trinajstić information content (AvgIpc) is 2.64. The number of ether oxygens (including phenoxy) is 2. The maximum Gasteiger partial charge on any atom is 0.573 e. The molecule has 5 nitrogen and oxygen atoms in total. The van der Waals surface area contributed by atoms with Gasteiger partial charge in [0.25, 0.3) is 5.91 Å². The number of alkyl halides is 3. The predicted molar refractivity (Wildman–Crippen MR) is 92.9 cm³/mol. The summed E-state index contributed by atoms with van der Waals surface area (Å²) >= 11 is 1.64. The first kappa shape index (κ1) is 19.1. The van der Waals surface area contributed by atoms with E-state index >= 15 is 0 Å². The summed E-state index contributed by atoms with van der Waals surface area (Å²) in [6.45, 7) is 0.0418. The van der Waals surface area contributed by atoms with E-state index in [-0.39, 0.29) is 11.5 Å². The van der Waals surface area contributed by atoms with Gasteiger partial charge in [-0.1, -0.05) is 12.1 Å². The minimum absolute atomic E-state index is 0.0203. The van der Waals surface area contributed by atoms with Crippen LogP contribution >= 0.6 is 11.8 Å². The van der Waals surface area contributed by atoms with Gasteiger partial charge in [0.1, 0.15) is 5.75 Å². The fourth-order valence-electron chi connectivity index (χ4n) is 2.51. The first-order chi connectivity index (χ1) is 12.8. The predicted octanol–water partition coefficient (Wildman–Crippen LogP) is 3.88. The molecule has 0 saturated carbocycles. The van der Waals surface area contributed by atoms with Gasteiger partial charge < -0.3 is 14.4 Å². The molecule has 1 aliphatic heterocycles. The third-order valence-electron chi connectivity index (χ3n) is 3.68. The lowest BCUT2D eigenvalue weighted by Gasteiger charge is -2.28. The summed E-state index contributed by atoms with van der Waals surface area (Å²) in [4.78, 5) is 26.9. The van der Waals surface area contributed by atoms with Gasteiger partial charge in [-0.05, 0) is 36.4 Å². The number of thioether (sulfide) groups is 1. The lowest BCUT2D eigenvalue weighted by molar-refractivity contribution is -0.274. The Kier molecular flexibility index (Phi) is 5.59. The molecule has 0 N–H and O–H groups in total. The van der Waals surface area contributed by atoms with Crippen LogP contribution in [0.25, 0.3) is 0 Å². The average molecular weight is 397 g/mol. The molecule has 0 aliphatic carbocycles. The lowest BCUT2D eigenvalue weighted by atomic mass is 10.2. The van der Waals surface area contributed by atoms with Crippen molar-refractivity contribution >= 4 is 29.3 Å². The molecule has 2 aromatic rings. The Morgan fingerprint density at radius 3 is 2.48 bits per heavy atom. The largest absolute Gasteiger partial charge is 0.573 e. The van der Waals surface area contributed by atoms with Crippen LogP contribution in [0.5, 0.6) is 5.75 Å². The quantitative estimate of drug-likeness (QED) is 0.733. The Morgan fingerprint density at radius 2 is 1.78 bits per heavy atom. The molecule has 1 aliphatic rings. The Morgan fingerprint density at radius 1 is 1.07 bits per heavy atom. The summed E-state index contributed by atoms with van der Waals surface area (Å²) in [5, 5.41) is 0. The zero-order valence-electron chi connectivity index (χ0n) is 13.9. The summed E-state index contributed by atoms with van der Waals surface area (Å²) in [6, 6.07) is 11.7. The van der Waals surface area contributed by atoms with Crippen molar-refractivity contribution in [1.82, 2.24) is 0 Å². The second-order valence-electron chi connectivity index (χ2n) is 5.51. The molecule has 0 saturated heterocycles. The zero-order valence-corrected chi connectivity index (χ0v) is 14.7. The third kappa shape index (κ3) is 4.94. The van der Waals surface area contributed by atoms with Crippen LogP contribution < -0.4 is 9.64 Å². The molecule has 0 fully saturated rings. The van der Waals surface area contributed by atoms with Gasteiger partial charge in [-0.2, -0.15) is 0 Å². The molecular weight excluding hydrogens is 383 g/mol. The molecule has 0 aromatic heterocycles. The van der Waals surface area contributed by atoms with Crippen molar-refractivity contribution in [2.75, 3.05) is 23.8 Å². The number of fused-ring (bicyclic) bond motifs is 1. The number of hydrogen-bond donors (Lipinski definition) is 0. The normalized spacial score (nSPS) is 13.7. The van der Waals surface area contributed by atoms with Crippen LogP contribution in [0.4, 0.5) is 18.9 Å². The number of anilines is 1. The van der Waals surface area contributed by atoms with Crippen molar-refractivity contribution in [3.8, 4) is 5.75 Å². The Labute approximate surface area is 157 Å². The number of halogens is 3. The highest BCUT2D eigenvalue weighted by Crippen LogP contribution is 2.34. The molecule has 9 heteroatoms. The van der Waals surface area contributed by atoms with Gasteiger partial charge in [-0.3, -0.25) is 4.79 Å². The fourth-order valence-corrected chi connectivity index (χ4v) is 3.50. The molecule has 0 atom stereocenters. The standard InChI is InChI=1S/C18H14F3NO4S/c19-18(20,21)26-13-7-5-12(6-8-13)17(24)25-11-16(23)22-9-10-27-15-4-2-1-3-14(15)22/h1-8H,9-11H2. The second kappa shape index (κ2) is 7.91. The maximum atomic E-state index is 12.4. The summed E-state index contributed by atoms with van der Waals surface area (Å²) in [6.07, 6.45) is -4.81. The molecule has 0 bridgehead atoms. The van der Waals surface area contributed by atoms with Crippen LogP contribution in [0, 0.1) is 0 Å². The van der Waals surface area contributed by atoms with Crippen molar-refractivity contribution in [3.63, 3.8) is 0 Å². The topological polar surface area (TPSA) is 55.8 Å². The minimum Gasteiger partial charge on any atom is -0.452 e. The van der Waals surface area contributed by atoms with Crippen LogP contribution in [-0.4, -0.2) is 37.1 Å². The van der Waals surface area contributed by atoms with Crippen molar-refractivity contribution < 1.29 is 32.2 Å². The van der Waals surface area contributed by atoms with E-state index in [1.807, 2.05) is 24.3 Å². The number of benzene rings is 2. The number of amides is 1. The van der Waals surface area contributed by atoms with Gasteiger partial charge in [0.05, 0.1) is 11.3 Å². The summed E-state index contributed by atoms with van der Waals surface area (Å²) in [5.41, 5.74) is 0.787. The van der Waals surface area contributed by atoms with E-state index in [0.717, 1.165) is 40.6 Å². The zero-order chi connectivity index (χ0) is 19.4. The van der Waals surface area contributed by atoms with Gasteiger partial charge in [0.15, 0.2) is 6.61 Å². The number of carbonyl (C=O) groups is 2. The fraction of sp³-hybridized carbons (Fsp3) is 0.222. The van der Waals surface area contributed by atoms with Crippen LogP contribution in [0.2, 0.25) is 0 Å². The van der Waals surface area contributed by atoms with Crippen LogP contribution in [0.3, 0.4) is 0 Å². The third-order valence-corrected chi connectivity index (χ3v) is 4.72. The van der Waals surface area contributed by atoms with Crippen molar-refractivity contribution in [2.24, 2.45) is 0 Å². The van der Waals surface area contributed by atoms with Gasteiger partial charge >= 0.3 is 12.3 Å². The molecular formula is C18H14F3NO4S. The number of hydrogen-bond acceptors (Lipinski definition) is 5. The molecule has 1 heterocycles. The van der Waals surface area contributed by atoms with E-state index in [4.69, 9.17) is 4.74 Å². The molecule has 1 amide bonds. The Hall–Kier alpha value is -2.68. The Balaban J connectivity index is 1.59. The van der Waals surface area contributed by atoms with E-state index in [1.165, 1.54) is 0 Å². The smallest absolute Gasteiger partial charge is 0.452 e. The highest BCUT2D eigenvalue weighted by atomic mass is 32.2. The summed E-state index contributed by atoms with van der Waals surface area (Å²) in [5.74, 6) is -0.885. The van der Waals surface area contributed by atoms with E-state index < -0.39 is 24.7 Å². The first-order valence-electron chi connectivity index (χ1n) is 7.88. The van der Waals surface area contributed by atoms with E-state index in [1.54, 1.807) is 16.7 Å². The number of rotatable bonds is 4. The Bertz CT molecular complexity index is 839. The van der Waals surface area contributed by atoms with Gasteiger partial charge in [0.2, 0.25) is 0 Å². The minimum atomic E-state index is -4.81. The first-order valence-corrected chi connectivity index (χ1v) is 8.87. The van der Waals surface area contributed by atoms with Gasteiger partial charge in [0, 0.05) is 17.2 Å². The van der Waals surface area contributed by atoms with Gasteiger partial charge in [-0.25, -0.2) is 4.79 Å². The highest BCUT2D eigenvalue weighted by Gasteiger charge is 2.31. The molecule has 142 valence electrons. The van der Waals surface area contributed by atoms with Crippen LogP contribution in [0.1, 0.15) is 10.4 Å². The molecule has 3 rings (SSSR count). The van der Waals surface area contributed by atoms with E-state index in [2.05, 4.69) is 4.74 Å². The lowest BCUT2D eigenvalue weighted by Crippen LogP contribution is -2.38. The molecule has 0 radical (unpaired) electrons. The SMILES string of the molecule is O=C(OCC(=O)N1CCSc2ccccc21)c1ccc(OC(F)(F)F)cc1. The number of para-hydroxylation sites is 1. The summed E-state index contributed by atoms with van der Waals surface area (Å²) in [7, 11) is 0. The molecule has 27 heavy (non-hydrogen) atoms. The van der Waals surface area contributed by atoms with Crippen LogP contribution in [0.15, 0.2) is 53.4 Å². The van der Waals surface area contributed by atoms with E-state index in [0.29, 0.717) is 6.54 Å². The van der Waals surface area contributed by atoms with Gasteiger partial charge in [-0.15, -0.1) is 24.9 Å². The summed E-state index contributed by atoms with van der Waals surface area (Å²) < 4.78 is 45.1. The maximum absolute atomic E-state index is 12.4. The second-order valence-corrected chi connectivity index (χ2v) is 6.65. The molecule has 0 spiro atoms. The number of nitrogens with zero attached hydrogens (tertiary/aromatic N) is 1. The number of carbonyl (C=O) groups excluding carboxylic acids is 2. The highest BCUT2D eigenvalue weighted by molar-refractivity contribution is 7.99. The van der Waals surface area contributed by atoms with E-state index in [9.17, 15) is 22.8 Å². The molecule has 2 aromatic carbocycles. The van der Waals surface area contributed by atoms with Crippen LogP contribution in [-0.2, 0) is 9.53 Å². The number of esters is 1. The van der Waals surface area contributed by atoms with Crippen molar-refractivity contribution in [2.45, 2.75) is 11.3 Å². The monoisotopic (exact) mass is 397 g/mol. The van der Waals surface area contributed by atoms with Crippen molar-refractivity contribution in [1.29, 1.82) is 0 Å².